The molecular weight excluding hydrogens is 244 g/mol. The molecule has 1 aliphatic heterocycles. The Kier molecular flexibility index (Phi) is 9.66. The fraction of sp³-hybridized carbons (Fsp3) is 0.571. The van der Waals surface area contributed by atoms with Gasteiger partial charge in [0.1, 0.15) is 5.82 Å². The zero-order valence-corrected chi connectivity index (χ0v) is 11.9. The summed E-state index contributed by atoms with van der Waals surface area (Å²) in [7, 11) is 1.00. The molecule has 2 N–H and O–H groups in total. The van der Waals surface area contributed by atoms with Crippen LogP contribution < -0.4 is 4.90 Å². The molecule has 5 nitrogen and oxygen atoms in total. The molecule has 0 unspecified atom stereocenters. The Hall–Kier alpha value is -1.46. The lowest BCUT2D eigenvalue weighted by molar-refractivity contribution is 0.112. The van der Waals surface area contributed by atoms with Gasteiger partial charge < -0.3 is 15.1 Å². The van der Waals surface area contributed by atoms with Gasteiger partial charge in [-0.2, -0.15) is 0 Å². The summed E-state index contributed by atoms with van der Waals surface area (Å²) in [6, 6.07) is 3.61. The van der Waals surface area contributed by atoms with Gasteiger partial charge in [-0.05, 0) is 25.0 Å². The van der Waals surface area contributed by atoms with Crippen LogP contribution in [0.25, 0.3) is 0 Å². The first-order chi connectivity index (χ1) is 9.29. The Labute approximate surface area is 114 Å². The van der Waals surface area contributed by atoms with E-state index in [2.05, 4.69) is 9.88 Å². The number of hydrogen-bond donors (Lipinski definition) is 2. The lowest BCUT2D eigenvalue weighted by Crippen LogP contribution is -2.36. The second-order valence-electron chi connectivity index (χ2n) is 3.79. The van der Waals surface area contributed by atoms with Crippen molar-refractivity contribution < 1.29 is 15.0 Å². The van der Waals surface area contributed by atoms with Gasteiger partial charge in [0.15, 0.2) is 6.29 Å². The number of nitrogens with zero attached hydrogens (tertiary/aromatic N) is 2. The number of aliphatic hydroxyl groups is 2. The van der Waals surface area contributed by atoms with Crippen molar-refractivity contribution >= 4 is 12.1 Å². The van der Waals surface area contributed by atoms with Crippen molar-refractivity contribution in [3.8, 4) is 0 Å². The number of piperidine rings is 1. The molecule has 0 amide bonds. The zero-order valence-electron chi connectivity index (χ0n) is 11.9. The molecule has 1 aromatic heterocycles. The molecule has 1 aliphatic rings. The lowest BCUT2D eigenvalue weighted by Gasteiger charge is -2.30. The normalized spacial score (nSPS) is 14.7. The molecule has 19 heavy (non-hydrogen) atoms. The molecule has 0 aliphatic carbocycles. The van der Waals surface area contributed by atoms with Gasteiger partial charge in [0.2, 0.25) is 0 Å². The van der Waals surface area contributed by atoms with E-state index in [1.807, 2.05) is 19.9 Å². The van der Waals surface area contributed by atoms with E-state index in [-0.39, 0.29) is 6.10 Å². The summed E-state index contributed by atoms with van der Waals surface area (Å²) in [4.78, 5) is 16.8. The Morgan fingerprint density at radius 3 is 2.26 bits per heavy atom. The molecule has 0 aromatic carbocycles. The van der Waals surface area contributed by atoms with Crippen LogP contribution >= 0.6 is 0 Å². The number of hydrogen-bond acceptors (Lipinski definition) is 5. The first-order valence-electron chi connectivity index (χ1n) is 6.58. The SMILES string of the molecule is CC.CO.O=Cc1ccc(N2CCC(O)CC2)nc1. The van der Waals surface area contributed by atoms with Crippen LogP contribution in [0.5, 0.6) is 0 Å². The van der Waals surface area contributed by atoms with E-state index < -0.39 is 0 Å². The van der Waals surface area contributed by atoms with E-state index in [1.54, 1.807) is 12.3 Å². The fourth-order valence-electron chi connectivity index (χ4n) is 1.75. The van der Waals surface area contributed by atoms with Gasteiger partial charge in [-0.25, -0.2) is 4.98 Å². The summed E-state index contributed by atoms with van der Waals surface area (Å²) in [5, 5.41) is 16.4. The van der Waals surface area contributed by atoms with Crippen molar-refractivity contribution in [3.05, 3.63) is 23.9 Å². The van der Waals surface area contributed by atoms with Crippen LogP contribution in [-0.2, 0) is 0 Å². The highest BCUT2D eigenvalue weighted by atomic mass is 16.3. The summed E-state index contributed by atoms with van der Waals surface area (Å²) in [6.45, 7) is 5.66. The molecule has 2 heterocycles. The molecule has 1 fully saturated rings. The molecular formula is C14H24N2O3. The predicted octanol–water partition coefficient (Wildman–Crippen LogP) is 1.49. The van der Waals surface area contributed by atoms with E-state index in [1.165, 1.54) is 0 Å². The van der Waals surface area contributed by atoms with Gasteiger partial charge in [-0.15, -0.1) is 0 Å². The first kappa shape index (κ1) is 17.5. The van der Waals surface area contributed by atoms with Gasteiger partial charge in [-0.3, -0.25) is 4.79 Å². The quantitative estimate of drug-likeness (QED) is 0.795. The van der Waals surface area contributed by atoms with Gasteiger partial charge in [0.25, 0.3) is 0 Å². The van der Waals surface area contributed by atoms with Crippen LogP contribution in [0, 0.1) is 0 Å². The van der Waals surface area contributed by atoms with E-state index >= 15 is 0 Å². The molecule has 0 radical (unpaired) electrons. The number of rotatable bonds is 2. The van der Waals surface area contributed by atoms with Crippen molar-refractivity contribution in [1.29, 1.82) is 0 Å². The average Bonchev–Trinajstić information content (AvgIpc) is 2.52. The molecule has 108 valence electrons. The second-order valence-corrected chi connectivity index (χ2v) is 3.79. The summed E-state index contributed by atoms with van der Waals surface area (Å²) in [5.74, 6) is 0.882. The van der Waals surface area contributed by atoms with Crippen LogP contribution in [0.3, 0.4) is 0 Å². The zero-order chi connectivity index (χ0) is 14.7. The van der Waals surface area contributed by atoms with Crippen molar-refractivity contribution in [2.45, 2.75) is 32.8 Å². The smallest absolute Gasteiger partial charge is 0.151 e. The minimum atomic E-state index is -0.171. The number of aromatic nitrogens is 1. The summed E-state index contributed by atoms with van der Waals surface area (Å²) < 4.78 is 0. The number of aliphatic hydroxyl groups excluding tert-OH is 2. The van der Waals surface area contributed by atoms with Gasteiger partial charge in [0, 0.05) is 32.0 Å². The van der Waals surface area contributed by atoms with E-state index in [9.17, 15) is 9.90 Å². The van der Waals surface area contributed by atoms with Gasteiger partial charge >= 0.3 is 0 Å². The van der Waals surface area contributed by atoms with Crippen LogP contribution in [0.1, 0.15) is 37.0 Å². The topological polar surface area (TPSA) is 73.7 Å². The summed E-state index contributed by atoms with van der Waals surface area (Å²) in [6.07, 6.45) is 3.77. The maximum Gasteiger partial charge on any atom is 0.151 e. The molecule has 0 bridgehead atoms. The monoisotopic (exact) mass is 268 g/mol. The molecule has 1 saturated heterocycles. The number of carbonyl (C=O) groups excluding carboxylic acids is 1. The highest BCUT2D eigenvalue weighted by Gasteiger charge is 2.17. The third-order valence-corrected chi connectivity index (χ3v) is 2.70. The Balaban J connectivity index is 0.000000741. The predicted molar refractivity (Wildman–Crippen MR) is 76.6 cm³/mol. The summed E-state index contributed by atoms with van der Waals surface area (Å²) in [5.41, 5.74) is 0.593. The van der Waals surface area contributed by atoms with Crippen molar-refractivity contribution in [1.82, 2.24) is 4.98 Å². The minimum absolute atomic E-state index is 0.171. The van der Waals surface area contributed by atoms with Crippen LogP contribution in [-0.4, -0.2) is 47.8 Å². The van der Waals surface area contributed by atoms with Crippen molar-refractivity contribution in [2.24, 2.45) is 0 Å². The highest BCUT2D eigenvalue weighted by Crippen LogP contribution is 2.17. The molecule has 2 rings (SSSR count). The molecule has 1 aromatic rings. The Bertz CT molecular complexity index is 333. The highest BCUT2D eigenvalue weighted by molar-refractivity contribution is 5.74. The number of pyridine rings is 1. The standard InChI is InChI=1S/C11H14N2O2.C2H6.CH4O/c14-8-9-1-2-11(12-7-9)13-5-3-10(15)4-6-13;2*1-2/h1-2,7-8,10,15H,3-6H2;1-2H3;2H,1H3. The van der Waals surface area contributed by atoms with Gasteiger partial charge in [-0.1, -0.05) is 13.8 Å². The van der Waals surface area contributed by atoms with Crippen LogP contribution in [0.15, 0.2) is 18.3 Å². The largest absolute Gasteiger partial charge is 0.400 e. The first-order valence-corrected chi connectivity index (χ1v) is 6.58. The third kappa shape index (κ3) is 5.81. The van der Waals surface area contributed by atoms with E-state index in [0.29, 0.717) is 5.56 Å². The molecule has 0 spiro atoms. The third-order valence-electron chi connectivity index (χ3n) is 2.70. The Morgan fingerprint density at radius 1 is 1.26 bits per heavy atom. The molecule has 5 heteroatoms. The maximum absolute atomic E-state index is 10.5. The van der Waals surface area contributed by atoms with Crippen LogP contribution in [0.4, 0.5) is 5.82 Å². The van der Waals surface area contributed by atoms with E-state index in [0.717, 1.165) is 45.1 Å². The van der Waals surface area contributed by atoms with Crippen molar-refractivity contribution in [3.63, 3.8) is 0 Å². The number of carbonyl (C=O) groups is 1. The molecule has 0 atom stereocenters. The number of anilines is 1. The lowest BCUT2D eigenvalue weighted by atomic mass is 10.1. The second kappa shape index (κ2) is 10.5. The van der Waals surface area contributed by atoms with Gasteiger partial charge in [0.05, 0.1) is 6.10 Å². The fourth-order valence-corrected chi connectivity index (χ4v) is 1.75. The number of aldehydes is 1. The molecule has 0 saturated carbocycles. The van der Waals surface area contributed by atoms with E-state index in [4.69, 9.17) is 5.11 Å². The summed E-state index contributed by atoms with van der Waals surface area (Å²) >= 11 is 0. The maximum atomic E-state index is 10.5. The minimum Gasteiger partial charge on any atom is -0.400 e. The van der Waals surface area contributed by atoms with Crippen LogP contribution in [0.2, 0.25) is 0 Å². The Morgan fingerprint density at radius 2 is 1.84 bits per heavy atom. The average molecular weight is 268 g/mol. The van der Waals surface area contributed by atoms with Crippen molar-refractivity contribution in [2.75, 3.05) is 25.1 Å².